The average Bonchev–Trinajstić information content (AvgIpc) is 2.83. The Labute approximate surface area is 189 Å². The molecule has 0 bridgehead atoms. The first-order valence-corrected chi connectivity index (χ1v) is 10.3. The highest BCUT2D eigenvalue weighted by Gasteiger charge is 2.11. The zero-order chi connectivity index (χ0) is 23.2. The van der Waals surface area contributed by atoms with Crippen molar-refractivity contribution in [2.75, 3.05) is 6.61 Å². The number of aryl methyl sites for hydroxylation is 2. The van der Waals surface area contributed by atoms with Crippen molar-refractivity contribution in [3.8, 4) is 22.9 Å². The van der Waals surface area contributed by atoms with Crippen LogP contribution in [0.4, 0.5) is 13.2 Å². The molecular weight excluding hydrogens is 429 g/mol. The molecule has 1 heterocycles. The van der Waals surface area contributed by atoms with Gasteiger partial charge in [-0.2, -0.15) is 8.78 Å². The first-order chi connectivity index (χ1) is 16.0. The molecule has 0 atom stereocenters. The van der Waals surface area contributed by atoms with E-state index in [0.29, 0.717) is 42.0 Å². The molecule has 4 rings (SSSR count). The van der Waals surface area contributed by atoms with Crippen LogP contribution >= 0.6 is 0 Å². The smallest absolute Gasteiger partial charge is 0.387 e. The molecule has 0 saturated carbocycles. The number of aromatic nitrogens is 2. The predicted octanol–water partition coefficient (Wildman–Crippen LogP) is 6.39. The summed E-state index contributed by atoms with van der Waals surface area (Å²) >= 11 is 0. The first kappa shape index (κ1) is 22.3. The van der Waals surface area contributed by atoms with Crippen molar-refractivity contribution in [1.29, 1.82) is 0 Å². The third kappa shape index (κ3) is 5.49. The molecule has 0 unspecified atom stereocenters. The van der Waals surface area contributed by atoms with Crippen molar-refractivity contribution in [3.63, 3.8) is 0 Å². The third-order valence-electron chi connectivity index (χ3n) is 5.12. The van der Waals surface area contributed by atoms with Crippen LogP contribution in [-0.2, 0) is 12.8 Å². The molecule has 0 fully saturated rings. The van der Waals surface area contributed by atoms with Crippen LogP contribution in [0.25, 0.3) is 22.2 Å². The molecule has 0 spiro atoms. The second kappa shape index (κ2) is 10.2. The Kier molecular flexibility index (Phi) is 6.88. The summed E-state index contributed by atoms with van der Waals surface area (Å²) < 4.78 is 49.4. The van der Waals surface area contributed by atoms with Gasteiger partial charge >= 0.3 is 6.61 Å². The van der Waals surface area contributed by atoms with Gasteiger partial charge in [-0.15, -0.1) is 0 Å². The van der Waals surface area contributed by atoms with Crippen LogP contribution in [0.3, 0.4) is 0 Å². The van der Waals surface area contributed by atoms with Crippen molar-refractivity contribution in [2.45, 2.75) is 19.5 Å². The molecule has 4 aromatic rings. The van der Waals surface area contributed by atoms with Gasteiger partial charge in [0.2, 0.25) is 0 Å². The van der Waals surface area contributed by atoms with E-state index < -0.39 is 6.61 Å². The van der Waals surface area contributed by atoms with Crippen LogP contribution in [0.2, 0.25) is 0 Å². The van der Waals surface area contributed by atoms with Gasteiger partial charge in [-0.25, -0.2) is 14.4 Å². The van der Waals surface area contributed by atoms with Gasteiger partial charge in [0.05, 0.1) is 12.4 Å². The van der Waals surface area contributed by atoms with E-state index in [2.05, 4.69) is 21.3 Å². The summed E-state index contributed by atoms with van der Waals surface area (Å²) in [7, 11) is 0. The number of halogens is 3. The SMILES string of the molecule is C=CCOc1cnc(-c2ccc3c(F)c(CCc4ccc(OC(F)F)cc4)ccc3c2)nc1. The third-order valence-corrected chi connectivity index (χ3v) is 5.12. The number of fused-ring (bicyclic) bond motifs is 1. The maximum Gasteiger partial charge on any atom is 0.387 e. The van der Waals surface area contributed by atoms with Crippen molar-refractivity contribution >= 4 is 10.8 Å². The fraction of sp³-hybridized carbons (Fsp3) is 0.154. The summed E-state index contributed by atoms with van der Waals surface area (Å²) in [5.41, 5.74) is 2.27. The van der Waals surface area contributed by atoms with Gasteiger partial charge in [-0.3, -0.25) is 0 Å². The van der Waals surface area contributed by atoms with E-state index in [1.54, 1.807) is 48.8 Å². The number of rotatable bonds is 9. The van der Waals surface area contributed by atoms with E-state index >= 15 is 4.39 Å². The molecule has 1 aromatic heterocycles. The highest BCUT2D eigenvalue weighted by Crippen LogP contribution is 2.27. The van der Waals surface area contributed by atoms with Crippen LogP contribution in [0.15, 0.2) is 79.6 Å². The standard InChI is InChI=1S/C26H21F3N2O2/c1-2-13-32-22-15-30-25(31-16-22)20-9-12-23-19(14-20)8-7-18(24(23)27)6-3-17-4-10-21(11-5-17)33-26(28)29/h2,4-5,7-12,14-16,26H,1,3,6,13H2. The van der Waals surface area contributed by atoms with E-state index in [1.165, 1.54) is 12.1 Å². The van der Waals surface area contributed by atoms with Crippen LogP contribution in [0.5, 0.6) is 11.5 Å². The van der Waals surface area contributed by atoms with Crippen LogP contribution in [0.1, 0.15) is 11.1 Å². The molecule has 33 heavy (non-hydrogen) atoms. The fourth-order valence-corrected chi connectivity index (χ4v) is 3.48. The normalized spacial score (nSPS) is 11.0. The van der Waals surface area contributed by atoms with Gasteiger partial charge in [0, 0.05) is 10.9 Å². The van der Waals surface area contributed by atoms with E-state index in [1.807, 2.05) is 12.1 Å². The minimum atomic E-state index is -2.86. The second-order valence-corrected chi connectivity index (χ2v) is 7.34. The second-order valence-electron chi connectivity index (χ2n) is 7.34. The lowest BCUT2D eigenvalue weighted by Crippen LogP contribution is -2.02. The van der Waals surface area contributed by atoms with E-state index in [9.17, 15) is 8.78 Å². The minimum absolute atomic E-state index is 0.101. The Balaban J connectivity index is 1.48. The Morgan fingerprint density at radius 3 is 2.36 bits per heavy atom. The van der Waals surface area contributed by atoms with Gasteiger partial charge < -0.3 is 9.47 Å². The van der Waals surface area contributed by atoms with E-state index in [0.717, 1.165) is 16.5 Å². The topological polar surface area (TPSA) is 44.2 Å². The highest BCUT2D eigenvalue weighted by molar-refractivity contribution is 5.87. The van der Waals surface area contributed by atoms with Crippen molar-refractivity contribution in [1.82, 2.24) is 9.97 Å². The Bertz CT molecular complexity index is 1240. The maximum atomic E-state index is 15.1. The van der Waals surface area contributed by atoms with Gasteiger partial charge in [0.25, 0.3) is 0 Å². The summed E-state index contributed by atoms with van der Waals surface area (Å²) in [6.07, 6.45) is 5.87. The molecule has 0 aliphatic rings. The summed E-state index contributed by atoms with van der Waals surface area (Å²) in [5, 5.41) is 1.26. The van der Waals surface area contributed by atoms with Crippen molar-refractivity contribution in [3.05, 3.63) is 96.6 Å². The molecule has 0 saturated heterocycles. The van der Waals surface area contributed by atoms with Gasteiger partial charge in [0.1, 0.15) is 18.2 Å². The monoisotopic (exact) mass is 450 g/mol. The van der Waals surface area contributed by atoms with Crippen LogP contribution in [-0.4, -0.2) is 23.2 Å². The molecule has 0 aliphatic carbocycles. The molecular formula is C26H21F3N2O2. The van der Waals surface area contributed by atoms with Crippen LogP contribution in [0, 0.1) is 5.82 Å². The quantitative estimate of drug-likeness (QED) is 0.277. The number of hydrogen-bond acceptors (Lipinski definition) is 4. The molecule has 4 nitrogen and oxygen atoms in total. The molecule has 0 amide bonds. The molecule has 0 N–H and O–H groups in total. The Hall–Kier alpha value is -3.87. The first-order valence-electron chi connectivity index (χ1n) is 10.3. The largest absolute Gasteiger partial charge is 0.486 e. The lowest BCUT2D eigenvalue weighted by molar-refractivity contribution is -0.0498. The molecule has 0 radical (unpaired) electrons. The summed E-state index contributed by atoms with van der Waals surface area (Å²) in [6, 6.07) is 15.4. The molecule has 0 aliphatic heterocycles. The lowest BCUT2D eigenvalue weighted by Gasteiger charge is -2.09. The van der Waals surface area contributed by atoms with Crippen molar-refractivity contribution < 1.29 is 22.6 Å². The summed E-state index contributed by atoms with van der Waals surface area (Å²) in [5.74, 6) is 0.896. The number of hydrogen-bond donors (Lipinski definition) is 0. The average molecular weight is 450 g/mol. The number of ether oxygens (including phenoxy) is 2. The van der Waals surface area contributed by atoms with Gasteiger partial charge in [0.15, 0.2) is 11.6 Å². The number of benzene rings is 3. The molecule has 3 aromatic carbocycles. The molecule has 7 heteroatoms. The van der Waals surface area contributed by atoms with E-state index in [-0.39, 0.29) is 11.6 Å². The fourth-order valence-electron chi connectivity index (χ4n) is 3.48. The van der Waals surface area contributed by atoms with Crippen LogP contribution < -0.4 is 9.47 Å². The lowest BCUT2D eigenvalue weighted by atomic mass is 9.99. The predicted molar refractivity (Wildman–Crippen MR) is 121 cm³/mol. The number of nitrogens with zero attached hydrogens (tertiary/aromatic N) is 2. The van der Waals surface area contributed by atoms with Gasteiger partial charge in [-0.05, 0) is 47.6 Å². The maximum absolute atomic E-state index is 15.1. The molecule has 168 valence electrons. The Morgan fingerprint density at radius 2 is 1.67 bits per heavy atom. The van der Waals surface area contributed by atoms with Gasteiger partial charge in [-0.1, -0.05) is 49.1 Å². The highest BCUT2D eigenvalue weighted by atomic mass is 19.3. The zero-order valence-corrected chi connectivity index (χ0v) is 17.7. The van der Waals surface area contributed by atoms with Crippen molar-refractivity contribution in [2.24, 2.45) is 0 Å². The summed E-state index contributed by atoms with van der Waals surface area (Å²) in [6.45, 7) is 1.12. The summed E-state index contributed by atoms with van der Waals surface area (Å²) in [4.78, 5) is 8.64. The Morgan fingerprint density at radius 1 is 0.909 bits per heavy atom. The number of alkyl halides is 2. The minimum Gasteiger partial charge on any atom is -0.486 e. The zero-order valence-electron chi connectivity index (χ0n) is 17.7. The van der Waals surface area contributed by atoms with E-state index in [4.69, 9.17) is 4.74 Å².